The topological polar surface area (TPSA) is 38.1 Å². The second kappa shape index (κ2) is 4.50. The molecule has 1 saturated heterocycles. The van der Waals surface area contributed by atoms with Crippen LogP contribution in [0.1, 0.15) is 0 Å². The maximum absolute atomic E-state index is 11.7. The molecular weight excluding hydrogens is 198 g/mol. The summed E-state index contributed by atoms with van der Waals surface area (Å²) < 4.78 is 1.67. The summed E-state index contributed by atoms with van der Waals surface area (Å²) in [5.41, 5.74) is 0. The predicted octanol–water partition coefficient (Wildman–Crippen LogP) is 0.459. The minimum absolute atomic E-state index is 0.175. The molecule has 1 fully saturated rings. The van der Waals surface area contributed by atoms with Crippen molar-refractivity contribution >= 4 is 17.7 Å². The molecule has 0 aliphatic carbocycles. The summed E-state index contributed by atoms with van der Waals surface area (Å²) in [6, 6.07) is 1.83. The quantitative estimate of drug-likeness (QED) is 0.713. The molecule has 4 nitrogen and oxygen atoms in total. The second-order valence-corrected chi connectivity index (χ2v) is 4.42. The number of amides is 1. The van der Waals surface area contributed by atoms with Crippen molar-refractivity contribution in [3.05, 3.63) is 18.5 Å². The molecule has 0 N–H and O–H groups in total. The van der Waals surface area contributed by atoms with Crippen LogP contribution in [-0.2, 0) is 11.3 Å². The van der Waals surface area contributed by atoms with Gasteiger partial charge in [-0.25, -0.2) is 0 Å². The number of hydrogen-bond donors (Lipinski definition) is 0. The van der Waals surface area contributed by atoms with E-state index < -0.39 is 0 Å². The Balaban J connectivity index is 1.88. The number of hydrogen-bond acceptors (Lipinski definition) is 3. The van der Waals surface area contributed by atoms with Crippen molar-refractivity contribution < 1.29 is 4.79 Å². The average Bonchev–Trinajstić information content (AvgIpc) is 2.72. The predicted molar refractivity (Wildman–Crippen MR) is 56.1 cm³/mol. The van der Waals surface area contributed by atoms with Crippen LogP contribution in [0.3, 0.4) is 0 Å². The van der Waals surface area contributed by atoms with Crippen LogP contribution in [0.2, 0.25) is 0 Å². The molecule has 14 heavy (non-hydrogen) atoms. The Bertz CT molecular complexity index is 293. The van der Waals surface area contributed by atoms with Gasteiger partial charge in [0.2, 0.25) is 5.91 Å². The number of thioether (sulfide) groups is 1. The normalized spacial score (nSPS) is 17.0. The third-order valence-corrected chi connectivity index (χ3v) is 3.16. The molecule has 76 valence electrons. The van der Waals surface area contributed by atoms with Gasteiger partial charge in [0.25, 0.3) is 0 Å². The summed E-state index contributed by atoms with van der Waals surface area (Å²) in [5.74, 6) is 2.30. The molecule has 0 aromatic carbocycles. The molecule has 1 aliphatic rings. The Hall–Kier alpha value is -0.970. The van der Waals surface area contributed by atoms with Crippen LogP contribution in [0.5, 0.6) is 0 Å². The van der Waals surface area contributed by atoms with E-state index in [0.717, 1.165) is 24.6 Å². The molecule has 2 heterocycles. The molecule has 5 heteroatoms. The molecule has 0 radical (unpaired) electrons. The van der Waals surface area contributed by atoms with Crippen LogP contribution < -0.4 is 0 Å². The molecule has 1 aliphatic heterocycles. The molecule has 1 aromatic rings. The van der Waals surface area contributed by atoms with E-state index >= 15 is 0 Å². The van der Waals surface area contributed by atoms with Crippen LogP contribution in [0.15, 0.2) is 18.5 Å². The van der Waals surface area contributed by atoms with E-state index in [2.05, 4.69) is 5.10 Å². The van der Waals surface area contributed by atoms with Gasteiger partial charge in [-0.3, -0.25) is 9.48 Å². The molecule has 1 aromatic heterocycles. The van der Waals surface area contributed by atoms with Crippen LogP contribution in [0, 0.1) is 0 Å². The Morgan fingerprint density at radius 3 is 2.86 bits per heavy atom. The van der Waals surface area contributed by atoms with E-state index in [1.807, 2.05) is 28.9 Å². The molecule has 2 rings (SSSR count). The highest BCUT2D eigenvalue weighted by Crippen LogP contribution is 2.09. The average molecular weight is 211 g/mol. The van der Waals surface area contributed by atoms with Gasteiger partial charge < -0.3 is 4.90 Å². The Kier molecular flexibility index (Phi) is 3.08. The zero-order valence-electron chi connectivity index (χ0n) is 7.93. The molecular formula is C9H13N3OS. The van der Waals surface area contributed by atoms with E-state index in [1.54, 1.807) is 10.9 Å². The van der Waals surface area contributed by atoms with E-state index in [-0.39, 0.29) is 5.91 Å². The van der Waals surface area contributed by atoms with Crippen LogP contribution in [0.25, 0.3) is 0 Å². The fourth-order valence-electron chi connectivity index (χ4n) is 1.45. The highest BCUT2D eigenvalue weighted by Gasteiger charge is 2.16. The summed E-state index contributed by atoms with van der Waals surface area (Å²) in [6.07, 6.45) is 3.51. The lowest BCUT2D eigenvalue weighted by Gasteiger charge is -2.26. The maximum Gasteiger partial charge on any atom is 0.244 e. The summed E-state index contributed by atoms with van der Waals surface area (Å²) in [7, 11) is 0. The summed E-state index contributed by atoms with van der Waals surface area (Å²) in [5, 5.41) is 4.02. The van der Waals surface area contributed by atoms with Crippen molar-refractivity contribution in [2.75, 3.05) is 24.6 Å². The van der Waals surface area contributed by atoms with Crippen molar-refractivity contribution in [2.24, 2.45) is 0 Å². The lowest BCUT2D eigenvalue weighted by Crippen LogP contribution is -2.39. The zero-order valence-corrected chi connectivity index (χ0v) is 8.74. The van der Waals surface area contributed by atoms with Gasteiger partial charge in [0, 0.05) is 37.0 Å². The van der Waals surface area contributed by atoms with Gasteiger partial charge in [0.1, 0.15) is 6.54 Å². The van der Waals surface area contributed by atoms with Crippen molar-refractivity contribution in [3.8, 4) is 0 Å². The summed E-state index contributed by atoms with van der Waals surface area (Å²) in [4.78, 5) is 13.6. The standard InChI is InChI=1S/C9H13N3OS/c13-9(8-12-3-1-2-10-12)11-4-6-14-7-5-11/h1-3H,4-8H2. The van der Waals surface area contributed by atoms with Gasteiger partial charge in [-0.2, -0.15) is 16.9 Å². The first-order chi connectivity index (χ1) is 6.86. The lowest BCUT2D eigenvalue weighted by molar-refractivity contribution is -0.131. The highest BCUT2D eigenvalue weighted by atomic mass is 32.2. The largest absolute Gasteiger partial charge is 0.339 e. The van der Waals surface area contributed by atoms with Crippen molar-refractivity contribution in [3.63, 3.8) is 0 Å². The number of carbonyl (C=O) groups is 1. The summed E-state index contributed by atoms with van der Waals surface area (Å²) >= 11 is 1.91. The number of nitrogens with zero attached hydrogens (tertiary/aromatic N) is 3. The van der Waals surface area contributed by atoms with Crippen molar-refractivity contribution in [1.29, 1.82) is 0 Å². The van der Waals surface area contributed by atoms with E-state index in [0.29, 0.717) is 6.54 Å². The zero-order chi connectivity index (χ0) is 9.80. The van der Waals surface area contributed by atoms with E-state index in [9.17, 15) is 4.79 Å². The fraction of sp³-hybridized carbons (Fsp3) is 0.556. The number of carbonyl (C=O) groups excluding carboxylic acids is 1. The SMILES string of the molecule is O=C(Cn1cccn1)N1CCSCC1. The molecule has 0 saturated carbocycles. The van der Waals surface area contributed by atoms with Gasteiger partial charge in [-0.05, 0) is 6.07 Å². The van der Waals surface area contributed by atoms with Gasteiger partial charge in [-0.1, -0.05) is 0 Å². The number of rotatable bonds is 2. The highest BCUT2D eigenvalue weighted by molar-refractivity contribution is 7.99. The monoisotopic (exact) mass is 211 g/mol. The first kappa shape index (κ1) is 9.58. The molecule has 0 unspecified atom stereocenters. The van der Waals surface area contributed by atoms with Gasteiger partial charge >= 0.3 is 0 Å². The third kappa shape index (κ3) is 2.29. The Morgan fingerprint density at radius 1 is 1.43 bits per heavy atom. The second-order valence-electron chi connectivity index (χ2n) is 3.20. The molecule has 0 atom stereocenters. The maximum atomic E-state index is 11.7. The lowest BCUT2D eigenvalue weighted by atomic mass is 10.4. The third-order valence-electron chi connectivity index (χ3n) is 2.22. The van der Waals surface area contributed by atoms with Crippen LogP contribution in [0.4, 0.5) is 0 Å². The fourth-order valence-corrected chi connectivity index (χ4v) is 2.35. The Morgan fingerprint density at radius 2 is 2.21 bits per heavy atom. The van der Waals surface area contributed by atoms with Crippen LogP contribution in [-0.4, -0.2) is 45.2 Å². The smallest absolute Gasteiger partial charge is 0.244 e. The van der Waals surface area contributed by atoms with Crippen LogP contribution >= 0.6 is 11.8 Å². The van der Waals surface area contributed by atoms with E-state index in [1.165, 1.54) is 0 Å². The minimum atomic E-state index is 0.175. The number of aromatic nitrogens is 2. The molecule has 0 spiro atoms. The van der Waals surface area contributed by atoms with Crippen molar-refractivity contribution in [1.82, 2.24) is 14.7 Å². The van der Waals surface area contributed by atoms with Gasteiger partial charge in [0.05, 0.1) is 0 Å². The summed E-state index contributed by atoms with van der Waals surface area (Å²) in [6.45, 7) is 2.13. The molecule has 0 bridgehead atoms. The molecule has 1 amide bonds. The Labute approximate surface area is 87.3 Å². The first-order valence-electron chi connectivity index (χ1n) is 4.69. The van der Waals surface area contributed by atoms with E-state index in [4.69, 9.17) is 0 Å². The van der Waals surface area contributed by atoms with Crippen molar-refractivity contribution in [2.45, 2.75) is 6.54 Å². The minimum Gasteiger partial charge on any atom is -0.339 e. The van der Waals surface area contributed by atoms with Gasteiger partial charge in [0.15, 0.2) is 0 Å². The first-order valence-corrected chi connectivity index (χ1v) is 5.85. The van der Waals surface area contributed by atoms with Gasteiger partial charge in [-0.15, -0.1) is 0 Å².